The Kier molecular flexibility index (Phi) is 4.73. The lowest BCUT2D eigenvalue weighted by Crippen LogP contribution is -2.10. The molecule has 0 radical (unpaired) electrons. The molecule has 110 valence electrons. The van der Waals surface area contributed by atoms with Gasteiger partial charge in [-0.25, -0.2) is 9.97 Å². The smallest absolute Gasteiger partial charge is 0.143 e. The Labute approximate surface area is 139 Å². The molecule has 0 atom stereocenters. The molecule has 4 heteroatoms. The maximum atomic E-state index is 4.91. The van der Waals surface area contributed by atoms with Crippen molar-refractivity contribution < 1.29 is 0 Å². The first kappa shape index (κ1) is 14.8. The first-order valence-electron chi connectivity index (χ1n) is 7.66. The summed E-state index contributed by atoms with van der Waals surface area (Å²) < 4.78 is 1.11. The molecule has 1 saturated carbocycles. The van der Waals surface area contributed by atoms with E-state index in [0.29, 0.717) is 5.92 Å². The Morgan fingerprint density at radius 1 is 1.14 bits per heavy atom. The van der Waals surface area contributed by atoms with Crippen LogP contribution in [0.1, 0.15) is 44.3 Å². The van der Waals surface area contributed by atoms with Gasteiger partial charge in [0.05, 0.1) is 9.26 Å². The zero-order valence-electron chi connectivity index (χ0n) is 12.3. The molecular formula is C17H20IN3. The third-order valence-corrected chi connectivity index (χ3v) is 5.00. The van der Waals surface area contributed by atoms with Gasteiger partial charge in [-0.05, 0) is 42.4 Å². The Morgan fingerprint density at radius 2 is 1.86 bits per heavy atom. The molecule has 0 unspecified atom stereocenters. The molecular weight excluding hydrogens is 373 g/mol. The van der Waals surface area contributed by atoms with E-state index in [4.69, 9.17) is 9.97 Å². The van der Waals surface area contributed by atoms with Crippen molar-refractivity contribution in [3.05, 3.63) is 39.7 Å². The number of benzene rings is 1. The molecule has 1 aromatic carbocycles. The van der Waals surface area contributed by atoms with Crippen molar-refractivity contribution in [1.29, 1.82) is 0 Å². The average Bonchev–Trinajstić information content (AvgIpc) is 3.05. The van der Waals surface area contributed by atoms with Crippen molar-refractivity contribution in [2.75, 3.05) is 11.9 Å². The minimum Gasteiger partial charge on any atom is -0.369 e. The van der Waals surface area contributed by atoms with Crippen LogP contribution >= 0.6 is 22.6 Å². The van der Waals surface area contributed by atoms with E-state index in [0.717, 1.165) is 27.5 Å². The van der Waals surface area contributed by atoms with E-state index in [1.54, 1.807) is 0 Å². The molecule has 1 fully saturated rings. The van der Waals surface area contributed by atoms with Crippen LogP contribution in [0.25, 0.3) is 11.3 Å². The van der Waals surface area contributed by atoms with Gasteiger partial charge in [0.25, 0.3) is 0 Å². The zero-order chi connectivity index (χ0) is 14.7. The maximum Gasteiger partial charge on any atom is 0.143 e. The van der Waals surface area contributed by atoms with Crippen LogP contribution in [0.3, 0.4) is 0 Å². The molecule has 1 N–H and O–H groups in total. The number of anilines is 1. The number of hydrogen-bond acceptors (Lipinski definition) is 3. The fraction of sp³-hybridized carbons (Fsp3) is 0.412. The summed E-state index contributed by atoms with van der Waals surface area (Å²) in [7, 11) is 0. The van der Waals surface area contributed by atoms with Gasteiger partial charge in [-0.1, -0.05) is 43.2 Å². The van der Waals surface area contributed by atoms with E-state index < -0.39 is 0 Å². The van der Waals surface area contributed by atoms with Gasteiger partial charge in [-0.2, -0.15) is 0 Å². The normalized spacial score (nSPS) is 15.3. The highest BCUT2D eigenvalue weighted by molar-refractivity contribution is 14.1. The quantitative estimate of drug-likeness (QED) is 0.756. The third kappa shape index (κ3) is 3.20. The maximum absolute atomic E-state index is 4.91. The Bertz CT molecular complexity index is 607. The summed E-state index contributed by atoms with van der Waals surface area (Å²) in [6.45, 7) is 2.99. The van der Waals surface area contributed by atoms with Crippen LogP contribution in [-0.2, 0) is 0 Å². The predicted octanol–water partition coefficient (Wildman–Crippen LogP) is 4.84. The van der Waals surface area contributed by atoms with Crippen molar-refractivity contribution >= 4 is 28.4 Å². The minimum atomic E-state index is 0.530. The third-order valence-electron chi connectivity index (χ3n) is 3.98. The molecule has 1 heterocycles. The molecule has 0 bridgehead atoms. The monoisotopic (exact) mass is 393 g/mol. The van der Waals surface area contributed by atoms with E-state index in [2.05, 4.69) is 59.1 Å². The molecule has 1 aliphatic carbocycles. The predicted molar refractivity (Wildman–Crippen MR) is 95.6 cm³/mol. The summed E-state index contributed by atoms with van der Waals surface area (Å²) in [5, 5.41) is 3.39. The largest absolute Gasteiger partial charge is 0.369 e. The van der Waals surface area contributed by atoms with E-state index >= 15 is 0 Å². The van der Waals surface area contributed by atoms with Crippen LogP contribution in [0, 0.1) is 3.57 Å². The number of rotatable bonds is 4. The fourth-order valence-corrected chi connectivity index (χ4v) is 3.65. The van der Waals surface area contributed by atoms with Crippen LogP contribution in [0.5, 0.6) is 0 Å². The van der Waals surface area contributed by atoms with E-state index in [9.17, 15) is 0 Å². The fourth-order valence-electron chi connectivity index (χ4n) is 2.90. The van der Waals surface area contributed by atoms with Crippen LogP contribution in [-0.4, -0.2) is 16.5 Å². The summed E-state index contributed by atoms with van der Waals surface area (Å²) in [4.78, 5) is 9.71. The van der Waals surface area contributed by atoms with Crippen LogP contribution < -0.4 is 5.32 Å². The zero-order valence-corrected chi connectivity index (χ0v) is 14.4. The van der Waals surface area contributed by atoms with Crippen molar-refractivity contribution in [3.63, 3.8) is 0 Å². The second-order valence-electron chi connectivity index (χ2n) is 5.47. The highest BCUT2D eigenvalue weighted by Gasteiger charge is 2.23. The first-order chi connectivity index (χ1) is 10.3. The molecule has 1 aromatic heterocycles. The number of nitrogens with one attached hydrogen (secondary N) is 1. The molecule has 0 spiro atoms. The van der Waals surface area contributed by atoms with E-state index in [1.165, 1.54) is 31.2 Å². The van der Waals surface area contributed by atoms with Crippen LogP contribution in [0.4, 0.5) is 5.82 Å². The second-order valence-corrected chi connectivity index (χ2v) is 6.55. The summed E-state index contributed by atoms with van der Waals surface area (Å²) in [5.41, 5.74) is 2.23. The second kappa shape index (κ2) is 6.73. The Morgan fingerprint density at radius 3 is 2.52 bits per heavy atom. The van der Waals surface area contributed by atoms with Gasteiger partial charge in [-0.3, -0.25) is 0 Å². The topological polar surface area (TPSA) is 37.8 Å². The molecule has 0 aliphatic heterocycles. The van der Waals surface area contributed by atoms with E-state index in [-0.39, 0.29) is 0 Å². The number of halogens is 1. The SMILES string of the molecule is CCNc1nc(C2CCCC2)nc(-c2ccccc2)c1I. The summed E-state index contributed by atoms with van der Waals surface area (Å²) >= 11 is 2.36. The van der Waals surface area contributed by atoms with Crippen molar-refractivity contribution in [3.8, 4) is 11.3 Å². The molecule has 0 saturated heterocycles. The highest BCUT2D eigenvalue weighted by Crippen LogP contribution is 2.35. The van der Waals surface area contributed by atoms with Gasteiger partial charge in [0.15, 0.2) is 0 Å². The van der Waals surface area contributed by atoms with Gasteiger partial charge in [0.2, 0.25) is 0 Å². The molecule has 0 amide bonds. The lowest BCUT2D eigenvalue weighted by molar-refractivity contribution is 0.668. The van der Waals surface area contributed by atoms with Gasteiger partial charge in [0, 0.05) is 18.0 Å². The van der Waals surface area contributed by atoms with Gasteiger partial charge in [0.1, 0.15) is 11.6 Å². The van der Waals surface area contributed by atoms with E-state index in [1.807, 2.05) is 6.07 Å². The highest BCUT2D eigenvalue weighted by atomic mass is 127. The molecule has 3 rings (SSSR count). The van der Waals surface area contributed by atoms with Crippen LogP contribution in [0.15, 0.2) is 30.3 Å². The van der Waals surface area contributed by atoms with Gasteiger partial charge in [-0.15, -0.1) is 0 Å². The first-order valence-corrected chi connectivity index (χ1v) is 8.74. The van der Waals surface area contributed by atoms with Gasteiger partial charge < -0.3 is 5.32 Å². The summed E-state index contributed by atoms with van der Waals surface area (Å²) in [6, 6.07) is 10.4. The standard InChI is InChI=1S/C17H20IN3/c1-2-19-17-14(18)15(12-8-4-3-5-9-12)20-16(21-17)13-10-6-7-11-13/h3-5,8-9,13H,2,6-7,10-11H2,1H3,(H,19,20,21). The Balaban J connectivity index is 2.08. The lowest BCUT2D eigenvalue weighted by atomic mass is 10.1. The number of aromatic nitrogens is 2. The number of hydrogen-bond donors (Lipinski definition) is 1. The lowest BCUT2D eigenvalue weighted by Gasteiger charge is -2.15. The molecule has 1 aliphatic rings. The van der Waals surface area contributed by atoms with Crippen molar-refractivity contribution in [1.82, 2.24) is 9.97 Å². The summed E-state index contributed by atoms with van der Waals surface area (Å²) in [6.07, 6.45) is 5.05. The minimum absolute atomic E-state index is 0.530. The van der Waals surface area contributed by atoms with Crippen LogP contribution in [0.2, 0.25) is 0 Å². The molecule has 21 heavy (non-hydrogen) atoms. The Hall–Kier alpha value is -1.17. The molecule has 2 aromatic rings. The van der Waals surface area contributed by atoms with Crippen molar-refractivity contribution in [2.24, 2.45) is 0 Å². The average molecular weight is 393 g/mol. The van der Waals surface area contributed by atoms with Crippen molar-refractivity contribution in [2.45, 2.75) is 38.5 Å². The number of nitrogens with zero attached hydrogens (tertiary/aromatic N) is 2. The van der Waals surface area contributed by atoms with Gasteiger partial charge >= 0.3 is 0 Å². The summed E-state index contributed by atoms with van der Waals surface area (Å²) in [5.74, 6) is 2.53. The molecule has 3 nitrogen and oxygen atoms in total.